The molecule has 0 aliphatic carbocycles. The van der Waals surface area contributed by atoms with Crippen molar-refractivity contribution in [3.8, 4) is 22.8 Å². The minimum absolute atomic E-state index is 0.0761. The number of halogens is 1. The van der Waals surface area contributed by atoms with E-state index in [2.05, 4.69) is 23.9 Å². The molecule has 40 heavy (non-hydrogen) atoms. The average Bonchev–Trinajstić information content (AvgIpc) is 3.27. The number of aromatic nitrogens is 5. The van der Waals surface area contributed by atoms with Crippen molar-refractivity contribution in [1.82, 2.24) is 24.3 Å². The predicted molar refractivity (Wildman–Crippen MR) is 152 cm³/mol. The number of fused-ring (bicyclic) bond motifs is 1. The van der Waals surface area contributed by atoms with Crippen molar-refractivity contribution >= 4 is 10.9 Å². The van der Waals surface area contributed by atoms with Gasteiger partial charge in [0.1, 0.15) is 12.3 Å². The van der Waals surface area contributed by atoms with Crippen LogP contribution in [0.2, 0.25) is 0 Å². The van der Waals surface area contributed by atoms with E-state index >= 15 is 4.39 Å². The number of hydrogen-bond donors (Lipinski definition) is 0. The standard InChI is InChI=1S/C31H32FN5O3/c1-6-36-29(18-40-17-21-10-8-7-9-11-21)35-37(31(36)38)28-13-24-22(19(2)3)12-26(34-27(24)15-25(28)32)23-14-30(39-5)33-16-20(23)4/h7-16,19H,6,17-18H2,1-5H3. The molecule has 3 aromatic heterocycles. The quantitative estimate of drug-likeness (QED) is 0.229. The van der Waals surface area contributed by atoms with Gasteiger partial charge in [0.15, 0.2) is 11.6 Å². The molecular weight excluding hydrogens is 509 g/mol. The summed E-state index contributed by atoms with van der Waals surface area (Å²) in [6, 6.07) is 16.6. The molecule has 0 saturated heterocycles. The van der Waals surface area contributed by atoms with Crippen LogP contribution >= 0.6 is 0 Å². The molecule has 0 radical (unpaired) electrons. The predicted octanol–water partition coefficient (Wildman–Crippen LogP) is 5.96. The van der Waals surface area contributed by atoms with Crippen LogP contribution in [0.5, 0.6) is 5.88 Å². The Balaban J connectivity index is 1.57. The summed E-state index contributed by atoms with van der Waals surface area (Å²) < 4.78 is 29.4. The summed E-state index contributed by atoms with van der Waals surface area (Å²) in [5.74, 6) is 0.432. The van der Waals surface area contributed by atoms with Crippen molar-refractivity contribution < 1.29 is 13.9 Å². The third kappa shape index (κ3) is 5.24. The van der Waals surface area contributed by atoms with E-state index in [1.54, 1.807) is 19.4 Å². The molecule has 3 heterocycles. The van der Waals surface area contributed by atoms with Crippen LogP contribution in [0.15, 0.2) is 65.6 Å². The zero-order valence-corrected chi connectivity index (χ0v) is 23.3. The lowest BCUT2D eigenvalue weighted by Crippen LogP contribution is -2.24. The minimum Gasteiger partial charge on any atom is -0.481 e. The first-order valence-electron chi connectivity index (χ1n) is 13.3. The summed E-state index contributed by atoms with van der Waals surface area (Å²) in [7, 11) is 1.56. The molecule has 0 saturated carbocycles. The fourth-order valence-corrected chi connectivity index (χ4v) is 4.79. The highest BCUT2D eigenvalue weighted by molar-refractivity contribution is 5.88. The maximum atomic E-state index is 15.7. The molecule has 206 valence electrons. The van der Waals surface area contributed by atoms with E-state index in [0.717, 1.165) is 32.3 Å². The van der Waals surface area contributed by atoms with Crippen LogP contribution < -0.4 is 10.4 Å². The van der Waals surface area contributed by atoms with Gasteiger partial charge in [-0.15, -0.1) is 5.10 Å². The first-order chi connectivity index (χ1) is 19.3. The zero-order valence-electron chi connectivity index (χ0n) is 23.3. The van der Waals surface area contributed by atoms with Crippen LogP contribution in [0.3, 0.4) is 0 Å². The third-order valence-corrected chi connectivity index (χ3v) is 6.92. The average molecular weight is 542 g/mol. The van der Waals surface area contributed by atoms with E-state index in [1.807, 2.05) is 56.3 Å². The highest BCUT2D eigenvalue weighted by Gasteiger charge is 2.20. The summed E-state index contributed by atoms with van der Waals surface area (Å²) in [5.41, 5.74) is 4.63. The van der Waals surface area contributed by atoms with Crippen molar-refractivity contribution in [2.45, 2.75) is 53.4 Å². The first kappa shape index (κ1) is 27.2. The molecule has 0 spiro atoms. The topological polar surface area (TPSA) is 84.1 Å². The molecule has 0 atom stereocenters. The van der Waals surface area contributed by atoms with Gasteiger partial charge in [-0.2, -0.15) is 4.68 Å². The summed E-state index contributed by atoms with van der Waals surface area (Å²) in [6.45, 7) is 8.83. The van der Waals surface area contributed by atoms with Gasteiger partial charge in [0.25, 0.3) is 0 Å². The van der Waals surface area contributed by atoms with Crippen molar-refractivity contribution in [1.29, 1.82) is 0 Å². The molecular formula is C31H32FN5O3. The Hall–Kier alpha value is -4.37. The van der Waals surface area contributed by atoms with Gasteiger partial charge < -0.3 is 9.47 Å². The van der Waals surface area contributed by atoms with Gasteiger partial charge in [-0.3, -0.25) is 4.57 Å². The smallest absolute Gasteiger partial charge is 0.350 e. The van der Waals surface area contributed by atoms with Crippen LogP contribution in [0.25, 0.3) is 27.8 Å². The maximum Gasteiger partial charge on any atom is 0.350 e. The van der Waals surface area contributed by atoms with Crippen molar-refractivity contribution in [2.75, 3.05) is 7.11 Å². The van der Waals surface area contributed by atoms with Gasteiger partial charge in [-0.1, -0.05) is 44.2 Å². The molecule has 5 aromatic rings. The van der Waals surface area contributed by atoms with Gasteiger partial charge in [0.2, 0.25) is 5.88 Å². The van der Waals surface area contributed by atoms with Crippen molar-refractivity contribution in [3.05, 3.63) is 99.6 Å². The number of aryl methyl sites for hydroxylation is 1. The van der Waals surface area contributed by atoms with Gasteiger partial charge in [0.05, 0.1) is 24.9 Å². The SMILES string of the molecule is CCn1c(COCc2ccccc2)nn(-c2cc3c(C(C)C)cc(-c4cc(OC)ncc4C)nc3cc2F)c1=O. The van der Waals surface area contributed by atoms with E-state index < -0.39 is 11.5 Å². The molecule has 2 aromatic carbocycles. The first-order valence-corrected chi connectivity index (χ1v) is 13.3. The Labute approximate surface area is 232 Å². The van der Waals surface area contributed by atoms with Crippen LogP contribution in [-0.4, -0.2) is 31.4 Å². The Morgan fingerprint density at radius 1 is 1.05 bits per heavy atom. The lowest BCUT2D eigenvalue weighted by Gasteiger charge is -2.15. The van der Waals surface area contributed by atoms with Crippen LogP contribution in [-0.2, 0) is 24.5 Å². The Bertz CT molecular complexity index is 1730. The maximum absolute atomic E-state index is 15.7. The summed E-state index contributed by atoms with van der Waals surface area (Å²) in [5, 5.41) is 5.24. The van der Waals surface area contributed by atoms with E-state index in [9.17, 15) is 4.79 Å². The molecule has 0 bridgehead atoms. The monoisotopic (exact) mass is 541 g/mol. The molecule has 5 rings (SSSR count). The number of ether oxygens (including phenoxy) is 2. The second-order valence-corrected chi connectivity index (χ2v) is 9.95. The van der Waals surface area contributed by atoms with Gasteiger partial charge in [-0.25, -0.2) is 19.2 Å². The second kappa shape index (κ2) is 11.4. The van der Waals surface area contributed by atoms with Crippen LogP contribution in [0, 0.1) is 12.7 Å². The number of nitrogens with zero attached hydrogens (tertiary/aromatic N) is 5. The highest BCUT2D eigenvalue weighted by Crippen LogP contribution is 2.33. The summed E-state index contributed by atoms with van der Waals surface area (Å²) in [4.78, 5) is 22.4. The van der Waals surface area contributed by atoms with E-state index in [-0.39, 0.29) is 18.2 Å². The molecule has 0 amide bonds. The lowest BCUT2D eigenvalue weighted by atomic mass is 9.95. The molecule has 0 N–H and O–H groups in total. The van der Waals surface area contributed by atoms with Crippen LogP contribution in [0.1, 0.15) is 49.2 Å². The number of rotatable bonds is 9. The second-order valence-electron chi connectivity index (χ2n) is 9.95. The highest BCUT2D eigenvalue weighted by atomic mass is 19.1. The van der Waals surface area contributed by atoms with Crippen molar-refractivity contribution in [2.24, 2.45) is 0 Å². The molecule has 0 aliphatic rings. The van der Waals surface area contributed by atoms with E-state index in [4.69, 9.17) is 14.5 Å². The number of hydrogen-bond acceptors (Lipinski definition) is 6. The third-order valence-electron chi connectivity index (χ3n) is 6.92. The summed E-state index contributed by atoms with van der Waals surface area (Å²) >= 11 is 0. The number of pyridine rings is 2. The minimum atomic E-state index is -0.588. The van der Waals surface area contributed by atoms with Gasteiger partial charge in [0, 0.05) is 35.8 Å². The Morgan fingerprint density at radius 2 is 1.82 bits per heavy atom. The molecule has 0 unspecified atom stereocenters. The van der Waals surface area contributed by atoms with Crippen LogP contribution in [0.4, 0.5) is 4.39 Å². The van der Waals surface area contributed by atoms with Crippen molar-refractivity contribution in [3.63, 3.8) is 0 Å². The normalized spacial score (nSPS) is 11.5. The molecule has 8 nitrogen and oxygen atoms in total. The largest absolute Gasteiger partial charge is 0.481 e. The molecule has 0 aliphatic heterocycles. The fraction of sp³-hybridized carbons (Fsp3) is 0.290. The number of methoxy groups -OCH3 is 1. The summed E-state index contributed by atoms with van der Waals surface area (Å²) in [6.07, 6.45) is 1.73. The molecule has 9 heteroatoms. The Morgan fingerprint density at radius 3 is 2.52 bits per heavy atom. The Kier molecular flexibility index (Phi) is 7.75. The van der Waals surface area contributed by atoms with Gasteiger partial charge in [-0.05, 0) is 48.6 Å². The molecule has 0 fully saturated rings. The van der Waals surface area contributed by atoms with E-state index in [1.165, 1.54) is 10.6 Å². The number of benzene rings is 2. The van der Waals surface area contributed by atoms with Gasteiger partial charge >= 0.3 is 5.69 Å². The van der Waals surface area contributed by atoms with E-state index in [0.29, 0.717) is 36.1 Å². The lowest BCUT2D eigenvalue weighted by molar-refractivity contribution is 0.0989. The zero-order chi connectivity index (χ0) is 28.4. The fourth-order valence-electron chi connectivity index (χ4n) is 4.79.